The summed E-state index contributed by atoms with van der Waals surface area (Å²) in [6, 6.07) is 5.37. The molecule has 1 heterocycles. The summed E-state index contributed by atoms with van der Waals surface area (Å²) in [7, 11) is 1.48. The van der Waals surface area contributed by atoms with Crippen molar-refractivity contribution in [1.82, 2.24) is 9.88 Å². The zero-order chi connectivity index (χ0) is 13.5. The van der Waals surface area contributed by atoms with Gasteiger partial charge in [0.25, 0.3) is 0 Å². The van der Waals surface area contributed by atoms with Crippen molar-refractivity contribution in [3.05, 3.63) is 23.9 Å². The summed E-state index contributed by atoms with van der Waals surface area (Å²) in [6.45, 7) is -0.268. The number of hydrogen-bond donors (Lipinski definition) is 2. The number of aliphatic carboxylic acids is 1. The van der Waals surface area contributed by atoms with Crippen molar-refractivity contribution in [2.75, 3.05) is 19.3 Å². The first kappa shape index (κ1) is 14.0. The molecule has 0 spiro atoms. The molecule has 0 saturated heterocycles. The van der Waals surface area contributed by atoms with Crippen LogP contribution in [0.5, 0.6) is 0 Å². The Morgan fingerprint density at radius 2 is 2.17 bits per heavy atom. The zero-order valence-electron chi connectivity index (χ0n) is 10.3. The van der Waals surface area contributed by atoms with Crippen molar-refractivity contribution in [2.24, 2.45) is 0 Å². The first-order valence-electron chi connectivity index (χ1n) is 5.66. The minimum atomic E-state index is -1.01. The van der Waals surface area contributed by atoms with Gasteiger partial charge in [-0.05, 0) is 25.0 Å². The van der Waals surface area contributed by atoms with Gasteiger partial charge in [-0.15, -0.1) is 0 Å². The van der Waals surface area contributed by atoms with Crippen molar-refractivity contribution < 1.29 is 14.7 Å². The molecule has 1 amide bonds. The second kappa shape index (κ2) is 6.58. The number of likely N-dealkylation sites (N-methyl/N-ethyl adjacent to an activating group) is 1. The monoisotopic (exact) mass is 251 g/mol. The van der Waals surface area contributed by atoms with Crippen LogP contribution in [0, 0.1) is 0 Å². The first-order chi connectivity index (χ1) is 8.49. The molecular formula is C12H17N3O3. The lowest BCUT2D eigenvalue weighted by Gasteiger charge is -2.14. The number of rotatable bonds is 6. The smallest absolute Gasteiger partial charge is 0.323 e. The summed E-state index contributed by atoms with van der Waals surface area (Å²) in [6.07, 6.45) is 1.58. The van der Waals surface area contributed by atoms with Crippen LogP contribution < -0.4 is 5.73 Å². The summed E-state index contributed by atoms with van der Waals surface area (Å²) < 4.78 is 0. The minimum absolute atomic E-state index is 0.179. The third-order valence-corrected chi connectivity index (χ3v) is 2.45. The molecule has 1 rings (SSSR count). The molecule has 0 unspecified atom stereocenters. The number of anilines is 1. The molecule has 0 aliphatic heterocycles. The highest BCUT2D eigenvalue weighted by Crippen LogP contribution is 2.06. The maximum Gasteiger partial charge on any atom is 0.323 e. The van der Waals surface area contributed by atoms with E-state index in [-0.39, 0.29) is 12.5 Å². The average molecular weight is 251 g/mol. The van der Waals surface area contributed by atoms with E-state index < -0.39 is 5.97 Å². The second-order valence-corrected chi connectivity index (χ2v) is 4.05. The van der Waals surface area contributed by atoms with Crippen LogP contribution in [0.1, 0.15) is 18.5 Å². The van der Waals surface area contributed by atoms with Gasteiger partial charge in [0.05, 0.1) is 0 Å². The van der Waals surface area contributed by atoms with E-state index in [9.17, 15) is 9.59 Å². The second-order valence-electron chi connectivity index (χ2n) is 4.05. The van der Waals surface area contributed by atoms with Gasteiger partial charge in [-0.2, -0.15) is 0 Å². The highest BCUT2D eigenvalue weighted by atomic mass is 16.4. The lowest BCUT2D eigenvalue weighted by molar-refractivity contribution is -0.143. The summed E-state index contributed by atoms with van der Waals surface area (Å²) in [4.78, 5) is 27.3. The van der Waals surface area contributed by atoms with Crippen LogP contribution in [-0.4, -0.2) is 40.5 Å². The molecule has 98 valence electrons. The predicted octanol–water partition coefficient (Wildman–Crippen LogP) is 0.529. The zero-order valence-corrected chi connectivity index (χ0v) is 10.3. The molecule has 0 atom stereocenters. The Kier molecular flexibility index (Phi) is 5.10. The fourth-order valence-corrected chi connectivity index (χ4v) is 1.54. The molecule has 1 aromatic heterocycles. The van der Waals surface area contributed by atoms with E-state index in [1.807, 2.05) is 12.1 Å². The van der Waals surface area contributed by atoms with Gasteiger partial charge >= 0.3 is 5.97 Å². The number of nitrogens with two attached hydrogens (primary N) is 1. The van der Waals surface area contributed by atoms with Crippen LogP contribution in [0.25, 0.3) is 0 Å². The number of amides is 1. The predicted molar refractivity (Wildman–Crippen MR) is 66.9 cm³/mol. The molecule has 18 heavy (non-hydrogen) atoms. The number of aromatic nitrogens is 1. The van der Waals surface area contributed by atoms with Gasteiger partial charge in [-0.25, -0.2) is 4.98 Å². The van der Waals surface area contributed by atoms with Crippen molar-refractivity contribution in [3.63, 3.8) is 0 Å². The number of nitrogens with zero attached hydrogens (tertiary/aromatic N) is 2. The molecule has 0 bridgehead atoms. The Hall–Kier alpha value is -2.11. The van der Waals surface area contributed by atoms with Gasteiger partial charge in [-0.3, -0.25) is 9.59 Å². The van der Waals surface area contributed by atoms with Gasteiger partial charge in [0.1, 0.15) is 12.4 Å². The van der Waals surface area contributed by atoms with Crippen molar-refractivity contribution in [2.45, 2.75) is 19.3 Å². The summed E-state index contributed by atoms with van der Waals surface area (Å²) >= 11 is 0. The van der Waals surface area contributed by atoms with Crippen LogP contribution in [0.4, 0.5) is 5.82 Å². The van der Waals surface area contributed by atoms with E-state index in [4.69, 9.17) is 10.8 Å². The maximum absolute atomic E-state index is 11.6. The molecule has 6 nitrogen and oxygen atoms in total. The fourth-order valence-electron chi connectivity index (χ4n) is 1.54. The number of carboxylic acid groups (broad SMARTS) is 1. The van der Waals surface area contributed by atoms with Gasteiger partial charge < -0.3 is 15.7 Å². The molecule has 0 saturated carbocycles. The summed E-state index contributed by atoms with van der Waals surface area (Å²) in [5.74, 6) is -0.730. The van der Waals surface area contributed by atoms with Crippen molar-refractivity contribution >= 4 is 17.7 Å². The van der Waals surface area contributed by atoms with Gasteiger partial charge in [-0.1, -0.05) is 6.07 Å². The van der Waals surface area contributed by atoms with E-state index in [0.717, 1.165) is 5.69 Å². The Morgan fingerprint density at radius 1 is 1.44 bits per heavy atom. The van der Waals surface area contributed by atoms with Crippen molar-refractivity contribution in [3.8, 4) is 0 Å². The van der Waals surface area contributed by atoms with E-state index in [1.165, 1.54) is 11.9 Å². The normalized spacial score (nSPS) is 10.1. The topological polar surface area (TPSA) is 96.5 Å². The number of carboxylic acids is 1. The molecule has 6 heteroatoms. The third-order valence-electron chi connectivity index (χ3n) is 2.45. The molecule has 3 N–H and O–H groups in total. The van der Waals surface area contributed by atoms with E-state index >= 15 is 0 Å². The Labute approximate surface area is 105 Å². The SMILES string of the molecule is CN(CC(=O)O)C(=O)CCCc1cccc(N)n1. The van der Waals surface area contributed by atoms with E-state index in [1.54, 1.807) is 6.07 Å². The number of pyridine rings is 1. The number of carbonyl (C=O) groups excluding carboxylic acids is 1. The average Bonchev–Trinajstić information content (AvgIpc) is 2.28. The van der Waals surface area contributed by atoms with Crippen LogP contribution >= 0.6 is 0 Å². The number of carbonyl (C=O) groups is 2. The Morgan fingerprint density at radius 3 is 2.78 bits per heavy atom. The minimum Gasteiger partial charge on any atom is -0.480 e. The molecule has 0 aromatic carbocycles. The first-order valence-corrected chi connectivity index (χ1v) is 5.66. The largest absolute Gasteiger partial charge is 0.480 e. The molecule has 0 radical (unpaired) electrons. The summed E-state index contributed by atoms with van der Waals surface area (Å²) in [5, 5.41) is 8.55. The lowest BCUT2D eigenvalue weighted by atomic mass is 10.1. The van der Waals surface area contributed by atoms with Crippen LogP contribution in [0.3, 0.4) is 0 Å². The molecular weight excluding hydrogens is 234 g/mol. The highest BCUT2D eigenvalue weighted by Gasteiger charge is 2.11. The number of hydrogen-bond acceptors (Lipinski definition) is 4. The quantitative estimate of drug-likeness (QED) is 0.768. The molecule has 1 aromatic rings. The molecule has 0 aliphatic carbocycles. The fraction of sp³-hybridized carbons (Fsp3) is 0.417. The number of nitrogen functional groups attached to an aromatic ring is 1. The highest BCUT2D eigenvalue weighted by molar-refractivity contribution is 5.80. The van der Waals surface area contributed by atoms with Gasteiger partial charge in [0.2, 0.25) is 5.91 Å². The Balaban J connectivity index is 2.33. The van der Waals surface area contributed by atoms with E-state index in [2.05, 4.69) is 4.98 Å². The van der Waals surface area contributed by atoms with E-state index in [0.29, 0.717) is 25.1 Å². The third kappa shape index (κ3) is 4.82. The number of aryl methyl sites for hydroxylation is 1. The summed E-state index contributed by atoms with van der Waals surface area (Å²) in [5.41, 5.74) is 6.38. The molecule has 0 aliphatic rings. The van der Waals surface area contributed by atoms with Crippen LogP contribution in [0.15, 0.2) is 18.2 Å². The standard InChI is InChI=1S/C12H17N3O3/c1-15(8-12(17)18)11(16)7-3-5-9-4-2-6-10(13)14-9/h2,4,6H,3,5,7-8H2,1H3,(H2,13,14)(H,17,18). The van der Waals surface area contributed by atoms with Crippen LogP contribution in [0.2, 0.25) is 0 Å². The maximum atomic E-state index is 11.6. The molecule has 0 fully saturated rings. The van der Waals surface area contributed by atoms with Gasteiger partial charge in [0.15, 0.2) is 0 Å². The van der Waals surface area contributed by atoms with Crippen LogP contribution in [-0.2, 0) is 16.0 Å². The van der Waals surface area contributed by atoms with Gasteiger partial charge in [0, 0.05) is 19.2 Å². The Bertz CT molecular complexity index is 434. The lowest BCUT2D eigenvalue weighted by Crippen LogP contribution is -2.31. The van der Waals surface area contributed by atoms with Crippen molar-refractivity contribution in [1.29, 1.82) is 0 Å².